The molecule has 1 rings (SSSR count). The van der Waals surface area contributed by atoms with Crippen LogP contribution in [0.4, 0.5) is 17.6 Å². The van der Waals surface area contributed by atoms with Gasteiger partial charge >= 0.3 is 6.18 Å². The smallest absolute Gasteiger partial charge is 0.382 e. The lowest BCUT2D eigenvalue weighted by Crippen LogP contribution is -2.52. The van der Waals surface area contributed by atoms with E-state index in [0.29, 0.717) is 0 Å². The van der Waals surface area contributed by atoms with Crippen LogP contribution < -0.4 is 5.32 Å². The van der Waals surface area contributed by atoms with Gasteiger partial charge < -0.3 is 10.4 Å². The maximum atomic E-state index is 12.9. The number of benzene rings is 1. The quantitative estimate of drug-likeness (QED) is 0.835. The SMILES string of the molecule is CC(C)[C@H](NC(=O)c1ccc(F)cc1Cl)[C@H](O)C(F)(F)F. The summed E-state index contributed by atoms with van der Waals surface area (Å²) in [5.41, 5.74) is -0.168. The number of carbonyl (C=O) groups excluding carboxylic acids is 1. The van der Waals surface area contributed by atoms with E-state index in [4.69, 9.17) is 11.6 Å². The Bertz CT molecular complexity index is 519. The average molecular weight is 328 g/mol. The summed E-state index contributed by atoms with van der Waals surface area (Å²) in [6.45, 7) is 2.85. The molecule has 0 heterocycles. The Hall–Kier alpha value is -1.34. The Labute approximate surface area is 123 Å². The van der Waals surface area contributed by atoms with Gasteiger partial charge in [0.15, 0.2) is 6.10 Å². The summed E-state index contributed by atoms with van der Waals surface area (Å²) >= 11 is 5.67. The second-order valence-electron chi connectivity index (χ2n) is 4.85. The van der Waals surface area contributed by atoms with Gasteiger partial charge in [-0.1, -0.05) is 25.4 Å². The second kappa shape index (κ2) is 6.62. The molecule has 21 heavy (non-hydrogen) atoms. The molecule has 0 unspecified atom stereocenters. The van der Waals surface area contributed by atoms with E-state index in [1.165, 1.54) is 13.8 Å². The lowest BCUT2D eigenvalue weighted by atomic mass is 9.97. The van der Waals surface area contributed by atoms with E-state index in [1.54, 1.807) is 0 Å². The number of hydrogen-bond donors (Lipinski definition) is 2. The highest BCUT2D eigenvalue weighted by Gasteiger charge is 2.45. The Morgan fingerprint density at radius 3 is 2.33 bits per heavy atom. The van der Waals surface area contributed by atoms with Crippen molar-refractivity contribution in [3.63, 3.8) is 0 Å². The van der Waals surface area contributed by atoms with Crippen LogP contribution in [-0.4, -0.2) is 29.3 Å². The monoisotopic (exact) mass is 327 g/mol. The first kappa shape index (κ1) is 17.7. The third-order valence-electron chi connectivity index (χ3n) is 2.87. The highest BCUT2D eigenvalue weighted by Crippen LogP contribution is 2.26. The molecule has 0 radical (unpaired) electrons. The number of nitrogens with one attached hydrogen (secondary N) is 1. The van der Waals surface area contributed by atoms with Crippen molar-refractivity contribution < 1.29 is 27.5 Å². The van der Waals surface area contributed by atoms with Crippen molar-refractivity contribution in [3.8, 4) is 0 Å². The van der Waals surface area contributed by atoms with Crippen LogP contribution in [0.2, 0.25) is 5.02 Å². The molecular formula is C13H14ClF4NO2. The average Bonchev–Trinajstić information content (AvgIpc) is 2.33. The van der Waals surface area contributed by atoms with Gasteiger partial charge in [-0.15, -0.1) is 0 Å². The summed E-state index contributed by atoms with van der Waals surface area (Å²) in [5, 5.41) is 11.2. The number of carbonyl (C=O) groups is 1. The van der Waals surface area contributed by atoms with Gasteiger partial charge in [0.05, 0.1) is 16.6 Å². The van der Waals surface area contributed by atoms with Crippen LogP contribution in [0, 0.1) is 11.7 Å². The zero-order valence-corrected chi connectivity index (χ0v) is 12.0. The molecule has 1 aromatic rings. The van der Waals surface area contributed by atoms with Crippen LogP contribution in [0.25, 0.3) is 0 Å². The van der Waals surface area contributed by atoms with Crippen molar-refractivity contribution in [3.05, 3.63) is 34.6 Å². The molecule has 0 aliphatic rings. The van der Waals surface area contributed by atoms with Crippen molar-refractivity contribution in [2.24, 2.45) is 5.92 Å². The summed E-state index contributed by atoms with van der Waals surface area (Å²) in [5.74, 6) is -2.26. The number of amides is 1. The number of halogens is 5. The van der Waals surface area contributed by atoms with Gasteiger partial charge in [-0.25, -0.2) is 4.39 Å². The van der Waals surface area contributed by atoms with Gasteiger partial charge in [0, 0.05) is 0 Å². The maximum absolute atomic E-state index is 12.9. The molecule has 2 N–H and O–H groups in total. The summed E-state index contributed by atoms with van der Waals surface area (Å²) in [7, 11) is 0. The van der Waals surface area contributed by atoms with E-state index in [9.17, 15) is 27.5 Å². The highest BCUT2D eigenvalue weighted by atomic mass is 35.5. The van der Waals surface area contributed by atoms with Crippen LogP contribution >= 0.6 is 11.6 Å². The van der Waals surface area contributed by atoms with E-state index < -0.39 is 36.0 Å². The molecule has 0 saturated carbocycles. The van der Waals surface area contributed by atoms with Crippen molar-refractivity contribution in [1.82, 2.24) is 5.32 Å². The van der Waals surface area contributed by atoms with Gasteiger partial charge in [0.2, 0.25) is 0 Å². The first-order valence-electron chi connectivity index (χ1n) is 6.04. The van der Waals surface area contributed by atoms with Crippen LogP contribution in [0.5, 0.6) is 0 Å². The number of hydrogen-bond acceptors (Lipinski definition) is 2. The normalized spacial score (nSPS) is 14.9. The molecule has 118 valence electrons. The van der Waals surface area contributed by atoms with E-state index in [1.807, 2.05) is 0 Å². The number of aliphatic hydroxyl groups is 1. The van der Waals surface area contributed by atoms with E-state index >= 15 is 0 Å². The molecule has 0 bridgehead atoms. The standard InChI is InChI=1S/C13H14ClF4NO2/c1-6(2)10(11(20)13(16,17)18)19-12(21)8-4-3-7(15)5-9(8)14/h3-6,10-11,20H,1-2H3,(H,19,21)/t10-,11-/m0/s1. The molecule has 0 aliphatic carbocycles. The second-order valence-corrected chi connectivity index (χ2v) is 5.26. The highest BCUT2D eigenvalue weighted by molar-refractivity contribution is 6.33. The zero-order valence-electron chi connectivity index (χ0n) is 11.2. The van der Waals surface area contributed by atoms with Crippen LogP contribution in [0.1, 0.15) is 24.2 Å². The van der Waals surface area contributed by atoms with Crippen LogP contribution in [-0.2, 0) is 0 Å². The minimum Gasteiger partial charge on any atom is -0.382 e. The molecule has 0 aliphatic heterocycles. The topological polar surface area (TPSA) is 49.3 Å². The molecule has 8 heteroatoms. The molecule has 0 fully saturated rings. The van der Waals surface area contributed by atoms with Gasteiger partial charge in [-0.3, -0.25) is 4.79 Å². The summed E-state index contributed by atoms with van der Waals surface area (Å²) in [6.07, 6.45) is -7.57. The van der Waals surface area contributed by atoms with E-state index in [-0.39, 0.29) is 10.6 Å². The minimum atomic E-state index is -4.87. The Morgan fingerprint density at radius 2 is 1.90 bits per heavy atom. The predicted octanol–water partition coefficient (Wildman–Crippen LogP) is 3.16. The minimum absolute atomic E-state index is 0.168. The van der Waals surface area contributed by atoms with E-state index in [2.05, 4.69) is 5.32 Å². The number of rotatable bonds is 4. The van der Waals surface area contributed by atoms with Gasteiger partial charge in [0.25, 0.3) is 5.91 Å². The lowest BCUT2D eigenvalue weighted by molar-refractivity contribution is -0.214. The molecule has 1 aromatic carbocycles. The Balaban J connectivity index is 2.97. The van der Waals surface area contributed by atoms with Gasteiger partial charge in [0.1, 0.15) is 5.82 Å². The third-order valence-corrected chi connectivity index (χ3v) is 3.18. The Kier molecular flexibility index (Phi) is 5.58. The van der Waals surface area contributed by atoms with Gasteiger partial charge in [-0.05, 0) is 24.1 Å². The van der Waals surface area contributed by atoms with E-state index in [0.717, 1.165) is 18.2 Å². The molecule has 0 aromatic heterocycles. The predicted molar refractivity (Wildman–Crippen MR) is 69.6 cm³/mol. The van der Waals surface area contributed by atoms with Crippen molar-refractivity contribution in [1.29, 1.82) is 0 Å². The van der Waals surface area contributed by atoms with Crippen molar-refractivity contribution >= 4 is 17.5 Å². The fourth-order valence-electron chi connectivity index (χ4n) is 1.72. The molecular weight excluding hydrogens is 314 g/mol. The summed E-state index contributed by atoms with van der Waals surface area (Å²) in [6, 6.07) is 1.36. The third kappa shape index (κ3) is 4.57. The summed E-state index contributed by atoms with van der Waals surface area (Å²) in [4.78, 5) is 11.9. The summed E-state index contributed by atoms with van der Waals surface area (Å²) < 4.78 is 50.6. The first-order valence-corrected chi connectivity index (χ1v) is 6.42. The Morgan fingerprint density at radius 1 is 1.33 bits per heavy atom. The fourth-order valence-corrected chi connectivity index (χ4v) is 1.97. The molecule has 3 nitrogen and oxygen atoms in total. The molecule has 0 saturated heterocycles. The first-order chi connectivity index (χ1) is 9.54. The number of alkyl halides is 3. The van der Waals surface area contributed by atoms with Crippen LogP contribution in [0.15, 0.2) is 18.2 Å². The largest absolute Gasteiger partial charge is 0.416 e. The molecule has 2 atom stereocenters. The van der Waals surface area contributed by atoms with Crippen LogP contribution in [0.3, 0.4) is 0 Å². The fraction of sp³-hybridized carbons (Fsp3) is 0.462. The van der Waals surface area contributed by atoms with Gasteiger partial charge in [-0.2, -0.15) is 13.2 Å². The van der Waals surface area contributed by atoms with Crippen molar-refractivity contribution in [2.75, 3.05) is 0 Å². The zero-order chi connectivity index (χ0) is 16.4. The molecule has 0 spiro atoms. The van der Waals surface area contributed by atoms with Crippen molar-refractivity contribution in [2.45, 2.75) is 32.2 Å². The molecule has 1 amide bonds. The number of aliphatic hydroxyl groups excluding tert-OH is 1. The lowest BCUT2D eigenvalue weighted by Gasteiger charge is -2.28. The maximum Gasteiger partial charge on any atom is 0.416 e.